The van der Waals surface area contributed by atoms with E-state index in [0.717, 1.165) is 16.6 Å². The van der Waals surface area contributed by atoms with Crippen LogP contribution in [0.15, 0.2) is 54.7 Å². The highest BCUT2D eigenvalue weighted by Crippen LogP contribution is 2.19. The van der Waals surface area contributed by atoms with Crippen molar-refractivity contribution in [1.29, 1.82) is 0 Å². The number of aromatic amines is 1. The number of nitrogens with one attached hydrogen (secondary N) is 1. The van der Waals surface area contributed by atoms with Crippen LogP contribution in [0.25, 0.3) is 10.9 Å². The number of ether oxygens (including phenoxy) is 1. The van der Waals surface area contributed by atoms with E-state index < -0.39 is 0 Å². The van der Waals surface area contributed by atoms with Crippen molar-refractivity contribution >= 4 is 16.9 Å². The van der Waals surface area contributed by atoms with Gasteiger partial charge in [0.05, 0.1) is 6.42 Å². The predicted molar refractivity (Wildman–Crippen MR) is 83.4 cm³/mol. The number of H-pyrrole nitrogens is 1. The molecule has 0 spiro atoms. The molecule has 21 heavy (non-hydrogen) atoms. The number of hydrogen-bond donors (Lipinski definition) is 1. The maximum absolute atomic E-state index is 11.9. The molecule has 1 aromatic heterocycles. The lowest BCUT2D eigenvalue weighted by molar-refractivity contribution is -0.134. The van der Waals surface area contributed by atoms with Gasteiger partial charge in [0.15, 0.2) is 0 Å². The highest BCUT2D eigenvalue weighted by atomic mass is 16.5. The predicted octanol–water partition coefficient (Wildman–Crippen LogP) is 4.01. The summed E-state index contributed by atoms with van der Waals surface area (Å²) in [6, 6.07) is 15.6. The fourth-order valence-electron chi connectivity index (χ4n) is 2.36. The molecule has 0 saturated heterocycles. The lowest BCUT2D eigenvalue weighted by Crippen LogP contribution is -2.08. The number of benzene rings is 2. The molecule has 0 aliphatic heterocycles. The van der Waals surface area contributed by atoms with Crippen LogP contribution in [-0.2, 0) is 11.2 Å². The largest absolute Gasteiger partial charge is 0.427 e. The quantitative estimate of drug-likeness (QED) is 0.579. The van der Waals surface area contributed by atoms with E-state index in [1.807, 2.05) is 55.6 Å². The van der Waals surface area contributed by atoms with Gasteiger partial charge in [0.1, 0.15) is 5.75 Å². The van der Waals surface area contributed by atoms with Gasteiger partial charge in [0, 0.05) is 17.1 Å². The van der Waals surface area contributed by atoms with Gasteiger partial charge in [-0.1, -0.05) is 35.9 Å². The zero-order chi connectivity index (χ0) is 14.7. The van der Waals surface area contributed by atoms with Crippen molar-refractivity contribution in [2.45, 2.75) is 19.8 Å². The fourth-order valence-corrected chi connectivity index (χ4v) is 2.36. The number of esters is 1. The van der Waals surface area contributed by atoms with Crippen LogP contribution < -0.4 is 4.74 Å². The van der Waals surface area contributed by atoms with E-state index in [1.165, 1.54) is 5.39 Å². The standard InChI is InChI=1S/C18H17NO2/c1-13-6-9-15(10-7-13)21-18(20)11-8-14-12-19-17-5-3-2-4-16(14)17/h2-7,9-10,12,19H,8,11H2,1H3. The molecule has 1 N–H and O–H groups in total. The van der Waals surface area contributed by atoms with Gasteiger partial charge in [-0.2, -0.15) is 0 Å². The molecule has 0 bridgehead atoms. The van der Waals surface area contributed by atoms with Crippen LogP contribution in [0.1, 0.15) is 17.5 Å². The first-order valence-electron chi connectivity index (χ1n) is 7.05. The molecule has 106 valence electrons. The molecule has 0 atom stereocenters. The number of fused-ring (bicyclic) bond motifs is 1. The minimum absolute atomic E-state index is 0.205. The second kappa shape index (κ2) is 5.83. The van der Waals surface area contributed by atoms with Crippen LogP contribution >= 0.6 is 0 Å². The van der Waals surface area contributed by atoms with Gasteiger partial charge in [-0.15, -0.1) is 0 Å². The first-order chi connectivity index (χ1) is 10.2. The molecule has 2 aromatic carbocycles. The Labute approximate surface area is 123 Å². The minimum Gasteiger partial charge on any atom is -0.427 e. The fraction of sp³-hybridized carbons (Fsp3) is 0.167. The van der Waals surface area contributed by atoms with Crippen LogP contribution in [0.5, 0.6) is 5.75 Å². The zero-order valence-electron chi connectivity index (χ0n) is 11.9. The van der Waals surface area contributed by atoms with Gasteiger partial charge in [0.25, 0.3) is 0 Å². The first kappa shape index (κ1) is 13.4. The topological polar surface area (TPSA) is 42.1 Å². The van der Waals surface area contributed by atoms with Gasteiger partial charge < -0.3 is 9.72 Å². The van der Waals surface area contributed by atoms with Crippen LogP contribution in [0.3, 0.4) is 0 Å². The molecule has 3 rings (SSSR count). The van der Waals surface area contributed by atoms with Crippen molar-refractivity contribution in [3.8, 4) is 5.75 Å². The van der Waals surface area contributed by atoms with E-state index in [2.05, 4.69) is 11.1 Å². The molecule has 0 fully saturated rings. The molecule has 3 heteroatoms. The van der Waals surface area contributed by atoms with E-state index in [0.29, 0.717) is 18.6 Å². The molecule has 3 aromatic rings. The normalized spacial score (nSPS) is 10.7. The van der Waals surface area contributed by atoms with Gasteiger partial charge >= 0.3 is 5.97 Å². The van der Waals surface area contributed by atoms with Gasteiger partial charge in [0.2, 0.25) is 0 Å². The summed E-state index contributed by atoms with van der Waals surface area (Å²) in [7, 11) is 0. The number of aryl methyl sites for hydroxylation is 2. The van der Waals surface area contributed by atoms with Crippen molar-refractivity contribution < 1.29 is 9.53 Å². The van der Waals surface area contributed by atoms with Gasteiger partial charge in [-0.3, -0.25) is 4.79 Å². The lowest BCUT2D eigenvalue weighted by atomic mass is 10.1. The summed E-state index contributed by atoms with van der Waals surface area (Å²) in [5.41, 5.74) is 3.39. The number of hydrogen-bond acceptors (Lipinski definition) is 2. The van der Waals surface area contributed by atoms with E-state index in [9.17, 15) is 4.79 Å². The highest BCUT2D eigenvalue weighted by Gasteiger charge is 2.08. The number of para-hydroxylation sites is 1. The zero-order valence-corrected chi connectivity index (χ0v) is 11.9. The molecule has 0 saturated carbocycles. The molecule has 0 aliphatic carbocycles. The van der Waals surface area contributed by atoms with Crippen molar-refractivity contribution in [1.82, 2.24) is 4.98 Å². The minimum atomic E-state index is -0.205. The Balaban J connectivity index is 1.62. The smallest absolute Gasteiger partial charge is 0.311 e. The molecular weight excluding hydrogens is 262 g/mol. The maximum atomic E-state index is 11.9. The van der Waals surface area contributed by atoms with Crippen molar-refractivity contribution in [3.63, 3.8) is 0 Å². The first-order valence-corrected chi connectivity index (χ1v) is 7.05. The van der Waals surface area contributed by atoms with Crippen LogP contribution in [0.2, 0.25) is 0 Å². The van der Waals surface area contributed by atoms with Crippen LogP contribution in [0, 0.1) is 6.92 Å². The van der Waals surface area contributed by atoms with E-state index in [4.69, 9.17) is 4.74 Å². The summed E-state index contributed by atoms with van der Waals surface area (Å²) in [6.07, 6.45) is 3.01. The number of carbonyl (C=O) groups is 1. The van der Waals surface area contributed by atoms with Crippen molar-refractivity contribution in [2.75, 3.05) is 0 Å². The van der Waals surface area contributed by atoms with Gasteiger partial charge in [-0.25, -0.2) is 0 Å². The van der Waals surface area contributed by atoms with Crippen molar-refractivity contribution in [3.05, 3.63) is 65.9 Å². The molecule has 0 aliphatic rings. The third-order valence-electron chi connectivity index (χ3n) is 3.53. The highest BCUT2D eigenvalue weighted by molar-refractivity contribution is 5.83. The third kappa shape index (κ3) is 3.14. The Bertz CT molecular complexity index is 756. The Kier molecular flexibility index (Phi) is 3.73. The summed E-state index contributed by atoms with van der Waals surface area (Å²) >= 11 is 0. The Hall–Kier alpha value is -2.55. The molecule has 1 heterocycles. The Morgan fingerprint density at radius 3 is 2.67 bits per heavy atom. The van der Waals surface area contributed by atoms with E-state index in [-0.39, 0.29) is 5.97 Å². The summed E-state index contributed by atoms with van der Waals surface area (Å²) in [6.45, 7) is 2.00. The summed E-state index contributed by atoms with van der Waals surface area (Å²) in [4.78, 5) is 15.1. The molecule has 0 amide bonds. The third-order valence-corrected chi connectivity index (χ3v) is 3.53. The molecule has 3 nitrogen and oxygen atoms in total. The maximum Gasteiger partial charge on any atom is 0.311 e. The van der Waals surface area contributed by atoms with Crippen LogP contribution in [0.4, 0.5) is 0 Å². The number of aromatic nitrogens is 1. The van der Waals surface area contributed by atoms with E-state index in [1.54, 1.807) is 0 Å². The van der Waals surface area contributed by atoms with Crippen LogP contribution in [-0.4, -0.2) is 11.0 Å². The average molecular weight is 279 g/mol. The number of rotatable bonds is 4. The second-order valence-corrected chi connectivity index (χ2v) is 5.15. The van der Waals surface area contributed by atoms with E-state index >= 15 is 0 Å². The summed E-state index contributed by atoms with van der Waals surface area (Å²) in [5, 5.41) is 1.17. The van der Waals surface area contributed by atoms with Crippen molar-refractivity contribution in [2.24, 2.45) is 0 Å². The molecular formula is C18H17NO2. The Morgan fingerprint density at radius 1 is 1.10 bits per heavy atom. The summed E-state index contributed by atoms with van der Waals surface area (Å²) < 4.78 is 5.33. The second-order valence-electron chi connectivity index (χ2n) is 5.15. The number of carbonyl (C=O) groups excluding carboxylic acids is 1. The average Bonchev–Trinajstić information content (AvgIpc) is 2.91. The van der Waals surface area contributed by atoms with Gasteiger partial charge in [-0.05, 0) is 37.1 Å². The monoisotopic (exact) mass is 279 g/mol. The molecule has 0 radical (unpaired) electrons. The summed E-state index contributed by atoms with van der Waals surface area (Å²) in [5.74, 6) is 0.397. The SMILES string of the molecule is Cc1ccc(OC(=O)CCc2c[nH]c3ccccc23)cc1. The lowest BCUT2D eigenvalue weighted by Gasteiger charge is -2.04. The Morgan fingerprint density at radius 2 is 1.86 bits per heavy atom. The molecule has 0 unspecified atom stereocenters.